The van der Waals surface area contributed by atoms with E-state index in [4.69, 9.17) is 9.47 Å². The van der Waals surface area contributed by atoms with E-state index in [0.29, 0.717) is 27.8 Å². The Balaban J connectivity index is 1.93. The molecule has 1 aliphatic heterocycles. The molecule has 0 N–H and O–H groups in total. The van der Waals surface area contributed by atoms with Crippen molar-refractivity contribution < 1.29 is 17.9 Å². The predicted octanol–water partition coefficient (Wildman–Crippen LogP) is 3.43. The Morgan fingerprint density at radius 3 is 2.21 bits per heavy atom. The fourth-order valence-corrected chi connectivity index (χ4v) is 4.92. The molecule has 28 heavy (non-hydrogen) atoms. The quantitative estimate of drug-likeness (QED) is 0.488. The second-order valence-corrected chi connectivity index (χ2v) is 8.44. The summed E-state index contributed by atoms with van der Waals surface area (Å²) in [6.07, 6.45) is 0. The van der Waals surface area contributed by atoms with Crippen LogP contribution in [0, 0.1) is 6.92 Å². The van der Waals surface area contributed by atoms with E-state index in [1.165, 1.54) is 12.1 Å². The first kappa shape index (κ1) is 16.8. The summed E-state index contributed by atoms with van der Waals surface area (Å²) in [6.45, 7) is 1.94. The van der Waals surface area contributed by atoms with E-state index >= 15 is 0 Å². The van der Waals surface area contributed by atoms with Crippen LogP contribution >= 0.6 is 0 Å². The van der Waals surface area contributed by atoms with Gasteiger partial charge in [0.15, 0.2) is 11.5 Å². The van der Waals surface area contributed by atoms with Gasteiger partial charge in [-0.1, -0.05) is 35.9 Å². The van der Waals surface area contributed by atoms with Crippen LogP contribution in [0.15, 0.2) is 70.4 Å². The van der Waals surface area contributed by atoms with Crippen LogP contribution < -0.4 is 15.0 Å². The van der Waals surface area contributed by atoms with Gasteiger partial charge in [0.2, 0.25) is 6.79 Å². The van der Waals surface area contributed by atoms with Gasteiger partial charge >= 0.3 is 0 Å². The fraction of sp³-hybridized carbons (Fsp3) is 0.0952. The third-order valence-corrected chi connectivity index (χ3v) is 6.61. The van der Waals surface area contributed by atoms with Gasteiger partial charge in [0.05, 0.1) is 15.8 Å². The van der Waals surface area contributed by atoms with Crippen molar-refractivity contribution in [2.24, 2.45) is 0 Å². The average Bonchev–Trinajstić information content (AvgIpc) is 3.15. The molecule has 0 atom stereocenters. The largest absolute Gasteiger partial charge is 0.454 e. The number of rotatable bonds is 2. The van der Waals surface area contributed by atoms with Gasteiger partial charge in [-0.2, -0.15) is 3.97 Å². The molecule has 4 aromatic rings. The Kier molecular flexibility index (Phi) is 3.51. The number of aryl methyl sites for hydroxylation is 1. The smallest absolute Gasteiger partial charge is 0.273 e. The zero-order valence-electron chi connectivity index (χ0n) is 14.9. The Morgan fingerprint density at radius 2 is 1.50 bits per heavy atom. The minimum Gasteiger partial charge on any atom is -0.454 e. The van der Waals surface area contributed by atoms with Crippen molar-refractivity contribution >= 4 is 31.7 Å². The predicted molar refractivity (Wildman–Crippen MR) is 106 cm³/mol. The maximum absolute atomic E-state index is 13.4. The van der Waals surface area contributed by atoms with Crippen molar-refractivity contribution in [3.63, 3.8) is 0 Å². The van der Waals surface area contributed by atoms with Gasteiger partial charge in [0.1, 0.15) is 0 Å². The first-order valence-corrected chi connectivity index (χ1v) is 10.1. The maximum Gasteiger partial charge on any atom is 0.273 e. The molecule has 5 rings (SSSR count). The Hall–Kier alpha value is -3.32. The minimum atomic E-state index is -4.09. The fourth-order valence-electron chi connectivity index (χ4n) is 3.49. The van der Waals surface area contributed by atoms with Crippen LogP contribution in [0.1, 0.15) is 5.56 Å². The lowest BCUT2D eigenvalue weighted by Crippen LogP contribution is -2.28. The minimum absolute atomic E-state index is 0.0606. The Morgan fingerprint density at radius 1 is 0.857 bits per heavy atom. The van der Waals surface area contributed by atoms with Crippen LogP contribution in [-0.2, 0) is 10.0 Å². The molecule has 0 bridgehead atoms. The molecule has 0 saturated carbocycles. The molecule has 7 heteroatoms. The molecule has 0 amide bonds. The van der Waals surface area contributed by atoms with Crippen molar-refractivity contribution in [2.45, 2.75) is 11.8 Å². The first-order valence-electron chi connectivity index (χ1n) is 8.66. The summed E-state index contributed by atoms with van der Waals surface area (Å²) in [6, 6.07) is 16.6. The van der Waals surface area contributed by atoms with E-state index in [1.807, 2.05) is 6.92 Å². The highest BCUT2D eigenvalue weighted by atomic mass is 32.2. The number of aromatic nitrogens is 1. The number of ether oxygens (including phenoxy) is 2. The van der Waals surface area contributed by atoms with Crippen LogP contribution in [0.3, 0.4) is 0 Å². The molecule has 0 spiro atoms. The van der Waals surface area contributed by atoms with Gasteiger partial charge in [0.25, 0.3) is 15.6 Å². The van der Waals surface area contributed by atoms with E-state index in [9.17, 15) is 13.2 Å². The molecule has 0 unspecified atom stereocenters. The van der Waals surface area contributed by atoms with E-state index in [1.54, 1.807) is 48.5 Å². The van der Waals surface area contributed by atoms with Crippen LogP contribution in [0.5, 0.6) is 11.5 Å². The van der Waals surface area contributed by atoms with Gasteiger partial charge in [-0.25, -0.2) is 8.42 Å². The second kappa shape index (κ2) is 5.84. The number of hydrogen-bond donors (Lipinski definition) is 0. The van der Waals surface area contributed by atoms with E-state index < -0.39 is 15.6 Å². The van der Waals surface area contributed by atoms with Crippen molar-refractivity contribution in [1.82, 2.24) is 3.97 Å². The van der Waals surface area contributed by atoms with Gasteiger partial charge in [-0.05, 0) is 37.3 Å². The molecule has 6 nitrogen and oxygen atoms in total. The monoisotopic (exact) mass is 393 g/mol. The van der Waals surface area contributed by atoms with E-state index in [0.717, 1.165) is 9.54 Å². The molecule has 0 aliphatic carbocycles. The third kappa shape index (κ3) is 2.33. The summed E-state index contributed by atoms with van der Waals surface area (Å²) in [4.78, 5) is 13.4. The SMILES string of the molecule is Cc1ccc(S(=O)(=O)n2c(=O)c3cc4c(cc3c3ccccc32)OCO4)cc1. The molecular formula is C21H15NO5S. The summed E-state index contributed by atoms with van der Waals surface area (Å²) < 4.78 is 38.4. The summed E-state index contributed by atoms with van der Waals surface area (Å²) in [5.41, 5.74) is 0.634. The Bertz CT molecular complexity index is 1420. The highest BCUT2D eigenvalue weighted by molar-refractivity contribution is 7.90. The third-order valence-electron chi connectivity index (χ3n) is 4.90. The number of fused-ring (bicyclic) bond motifs is 4. The number of para-hydroxylation sites is 1. The molecule has 1 aliphatic rings. The topological polar surface area (TPSA) is 74.6 Å². The lowest BCUT2D eigenvalue weighted by atomic mass is 10.1. The summed E-state index contributed by atoms with van der Waals surface area (Å²) in [5.74, 6) is 0.968. The van der Waals surface area contributed by atoms with Gasteiger partial charge in [-0.3, -0.25) is 4.79 Å². The van der Waals surface area contributed by atoms with Crippen molar-refractivity contribution in [3.05, 3.63) is 76.6 Å². The van der Waals surface area contributed by atoms with Gasteiger partial charge in [0, 0.05) is 10.8 Å². The maximum atomic E-state index is 13.4. The van der Waals surface area contributed by atoms with Crippen LogP contribution in [0.4, 0.5) is 0 Å². The zero-order valence-corrected chi connectivity index (χ0v) is 15.7. The molecule has 1 aromatic heterocycles. The summed E-state index contributed by atoms with van der Waals surface area (Å²) in [5, 5.41) is 1.53. The normalized spacial score (nSPS) is 13.3. The van der Waals surface area contributed by atoms with Crippen molar-refractivity contribution in [2.75, 3.05) is 6.79 Å². The highest BCUT2D eigenvalue weighted by Crippen LogP contribution is 2.37. The average molecular weight is 393 g/mol. The molecule has 3 aromatic carbocycles. The van der Waals surface area contributed by atoms with E-state index in [-0.39, 0.29) is 17.1 Å². The standard InChI is InChI=1S/C21H15NO5S/c1-13-6-8-14(9-7-13)28(24,25)22-18-5-3-2-4-15(18)16-10-19-20(27-12-26-19)11-17(16)21(22)23/h2-11H,12H2,1H3. The second-order valence-electron chi connectivity index (χ2n) is 6.66. The number of nitrogens with zero attached hydrogens (tertiary/aromatic N) is 1. The molecular weight excluding hydrogens is 378 g/mol. The molecule has 2 heterocycles. The van der Waals surface area contributed by atoms with Crippen molar-refractivity contribution in [1.29, 1.82) is 0 Å². The zero-order chi connectivity index (χ0) is 19.5. The van der Waals surface area contributed by atoms with Gasteiger partial charge < -0.3 is 9.47 Å². The number of benzene rings is 3. The number of pyridine rings is 1. The van der Waals surface area contributed by atoms with Crippen LogP contribution in [0.25, 0.3) is 21.7 Å². The van der Waals surface area contributed by atoms with Crippen molar-refractivity contribution in [3.8, 4) is 11.5 Å². The van der Waals surface area contributed by atoms with Crippen LogP contribution in [0.2, 0.25) is 0 Å². The van der Waals surface area contributed by atoms with Crippen LogP contribution in [-0.4, -0.2) is 19.2 Å². The molecule has 140 valence electrons. The lowest BCUT2D eigenvalue weighted by molar-refractivity contribution is 0.174. The lowest BCUT2D eigenvalue weighted by Gasteiger charge is -2.14. The van der Waals surface area contributed by atoms with Gasteiger partial charge in [-0.15, -0.1) is 0 Å². The molecule has 0 radical (unpaired) electrons. The first-order chi connectivity index (χ1) is 13.5. The van der Waals surface area contributed by atoms with E-state index in [2.05, 4.69) is 0 Å². The molecule has 0 saturated heterocycles. The molecule has 0 fully saturated rings. The summed E-state index contributed by atoms with van der Waals surface area (Å²) >= 11 is 0. The Labute approximate surface area is 160 Å². The summed E-state index contributed by atoms with van der Waals surface area (Å²) in [7, 11) is -4.09. The highest BCUT2D eigenvalue weighted by Gasteiger charge is 2.25. The number of hydrogen-bond acceptors (Lipinski definition) is 5.